The van der Waals surface area contributed by atoms with Crippen molar-refractivity contribution in [3.63, 3.8) is 0 Å². The van der Waals surface area contributed by atoms with Crippen molar-refractivity contribution in [3.8, 4) is 0 Å². The van der Waals surface area contributed by atoms with Crippen LogP contribution in [0.1, 0.15) is 0 Å². The van der Waals surface area contributed by atoms with Crippen molar-refractivity contribution in [2.24, 2.45) is 0 Å². The number of benzene rings is 8. The summed E-state index contributed by atoms with van der Waals surface area (Å²) in [5.41, 5.74) is 9.04. The lowest BCUT2D eigenvalue weighted by Gasteiger charge is -2.26. The van der Waals surface area contributed by atoms with Gasteiger partial charge in [-0.1, -0.05) is 109 Å². The second kappa shape index (κ2) is 13.2. The van der Waals surface area contributed by atoms with Crippen molar-refractivity contribution in [1.82, 2.24) is 15.0 Å². The number of thiophene rings is 1. The number of pyridine rings is 1. The third-order valence-electron chi connectivity index (χ3n) is 11.8. The molecular formula is C53H31N5O2S. The van der Waals surface area contributed by atoms with E-state index in [9.17, 15) is 0 Å². The Balaban J connectivity index is 0.981. The molecule has 0 amide bonds. The van der Waals surface area contributed by atoms with E-state index in [0.29, 0.717) is 5.95 Å². The zero-order chi connectivity index (χ0) is 40.0. The Morgan fingerprint density at radius 2 is 0.918 bits per heavy atom. The van der Waals surface area contributed by atoms with E-state index in [4.69, 9.17) is 23.8 Å². The molecular weight excluding hydrogens is 771 g/mol. The molecule has 0 N–H and O–H groups in total. The van der Waals surface area contributed by atoms with E-state index < -0.39 is 0 Å². The monoisotopic (exact) mass is 801 g/mol. The third kappa shape index (κ3) is 5.32. The number of aromatic nitrogens is 3. The molecule has 0 aliphatic carbocycles. The second-order valence-electron chi connectivity index (χ2n) is 15.3. The summed E-state index contributed by atoms with van der Waals surface area (Å²) in [6, 6.07) is 61.1. The minimum absolute atomic E-state index is 0.558. The van der Waals surface area contributed by atoms with Crippen molar-refractivity contribution in [3.05, 3.63) is 188 Å². The fourth-order valence-electron chi connectivity index (χ4n) is 8.95. The van der Waals surface area contributed by atoms with Crippen LogP contribution in [-0.2, 0) is 0 Å². The molecule has 0 unspecified atom stereocenters. The van der Waals surface area contributed by atoms with Crippen LogP contribution in [-0.4, -0.2) is 15.0 Å². The van der Waals surface area contributed by atoms with Gasteiger partial charge in [0.05, 0.1) is 44.5 Å². The largest absolute Gasteiger partial charge is 0.456 e. The molecule has 0 fully saturated rings. The van der Waals surface area contributed by atoms with E-state index in [0.717, 1.165) is 114 Å². The summed E-state index contributed by atoms with van der Waals surface area (Å²) in [7, 11) is 0. The molecule has 13 aromatic rings. The van der Waals surface area contributed by atoms with E-state index in [1.807, 2.05) is 42.7 Å². The van der Waals surface area contributed by atoms with Gasteiger partial charge < -0.3 is 13.7 Å². The van der Waals surface area contributed by atoms with E-state index in [1.54, 1.807) is 11.3 Å². The van der Waals surface area contributed by atoms with Gasteiger partial charge in [-0.3, -0.25) is 9.88 Å². The van der Waals surface area contributed by atoms with Crippen molar-refractivity contribution in [2.75, 3.05) is 9.80 Å². The zero-order valence-electron chi connectivity index (χ0n) is 32.4. The molecule has 0 saturated carbocycles. The van der Waals surface area contributed by atoms with Gasteiger partial charge in [-0.25, -0.2) is 9.97 Å². The summed E-state index contributed by atoms with van der Waals surface area (Å²) in [6.07, 6.45) is 3.87. The summed E-state index contributed by atoms with van der Waals surface area (Å²) in [6.45, 7) is 0. The van der Waals surface area contributed by atoms with Crippen LogP contribution in [0.15, 0.2) is 197 Å². The van der Waals surface area contributed by atoms with Gasteiger partial charge in [0.1, 0.15) is 27.2 Å². The molecule has 13 rings (SSSR count). The molecule has 5 aromatic heterocycles. The van der Waals surface area contributed by atoms with Gasteiger partial charge in [-0.05, 0) is 65.4 Å². The van der Waals surface area contributed by atoms with Crippen molar-refractivity contribution in [1.29, 1.82) is 0 Å². The topological polar surface area (TPSA) is 71.4 Å². The molecule has 286 valence electrons. The molecule has 5 heterocycles. The number of furan rings is 2. The molecule has 61 heavy (non-hydrogen) atoms. The summed E-state index contributed by atoms with van der Waals surface area (Å²) >= 11 is 1.62. The van der Waals surface area contributed by atoms with Gasteiger partial charge in [0.2, 0.25) is 5.95 Å². The normalized spacial score (nSPS) is 11.9. The maximum Gasteiger partial charge on any atom is 0.235 e. The fraction of sp³-hybridized carbons (Fsp3) is 0. The van der Waals surface area contributed by atoms with Crippen LogP contribution in [0.2, 0.25) is 0 Å². The highest BCUT2D eigenvalue weighted by Crippen LogP contribution is 2.45. The lowest BCUT2D eigenvalue weighted by atomic mass is 10.1. The van der Waals surface area contributed by atoms with Gasteiger partial charge in [-0.2, -0.15) is 0 Å². The minimum Gasteiger partial charge on any atom is -0.456 e. The van der Waals surface area contributed by atoms with Gasteiger partial charge in [0.15, 0.2) is 0 Å². The summed E-state index contributed by atoms with van der Waals surface area (Å²) in [4.78, 5) is 20.8. The number of hydrogen-bond acceptors (Lipinski definition) is 8. The summed E-state index contributed by atoms with van der Waals surface area (Å²) in [5, 5.41) is 9.75. The molecule has 0 radical (unpaired) electrons. The lowest BCUT2D eigenvalue weighted by molar-refractivity contribution is 0.668. The number of anilines is 6. The number of fused-ring (bicyclic) bond motifs is 11. The highest BCUT2D eigenvalue weighted by Gasteiger charge is 2.23. The van der Waals surface area contributed by atoms with Crippen molar-refractivity contribution < 1.29 is 8.83 Å². The van der Waals surface area contributed by atoms with Crippen LogP contribution >= 0.6 is 11.3 Å². The maximum atomic E-state index is 6.40. The predicted octanol–water partition coefficient (Wildman–Crippen LogP) is 15.3. The van der Waals surface area contributed by atoms with Gasteiger partial charge in [-0.15, -0.1) is 11.3 Å². The number of para-hydroxylation sites is 2. The standard InChI is InChI=1S/C53H31N5O2S/c1-3-15-37-32(11-1)13-9-19-44(37)57(34-23-25-41-39-17-5-7-21-46(39)59-48(41)27-34)36-29-50-51(54-30-36)43-31-55-53(56-52(43)61-50)58(45-20-10-14-33-12-2-4-16-38(33)45)35-24-26-42-40-18-6-8-22-47(40)60-49(42)28-35/h1-31H. The molecule has 7 nitrogen and oxygen atoms in total. The Labute approximate surface area is 352 Å². The Kier molecular flexibility index (Phi) is 7.34. The average Bonchev–Trinajstić information content (AvgIpc) is 3.99. The number of hydrogen-bond donors (Lipinski definition) is 0. The van der Waals surface area contributed by atoms with Crippen LogP contribution in [0.4, 0.5) is 34.4 Å². The molecule has 0 bridgehead atoms. The minimum atomic E-state index is 0.558. The predicted molar refractivity (Wildman–Crippen MR) is 252 cm³/mol. The average molecular weight is 802 g/mol. The Bertz CT molecular complexity index is 3620. The number of nitrogens with zero attached hydrogens (tertiary/aromatic N) is 5. The fourth-order valence-corrected chi connectivity index (χ4v) is 9.98. The van der Waals surface area contributed by atoms with Crippen LogP contribution in [0.25, 0.3) is 85.9 Å². The first-order chi connectivity index (χ1) is 30.2. The highest BCUT2D eigenvalue weighted by molar-refractivity contribution is 7.25. The van der Waals surface area contributed by atoms with E-state index in [1.165, 1.54) is 0 Å². The molecule has 0 atom stereocenters. The third-order valence-corrected chi connectivity index (χ3v) is 12.8. The Morgan fingerprint density at radius 3 is 1.56 bits per heavy atom. The molecule has 0 saturated heterocycles. The van der Waals surface area contributed by atoms with Crippen LogP contribution in [0.5, 0.6) is 0 Å². The second-order valence-corrected chi connectivity index (χ2v) is 16.3. The first-order valence-corrected chi connectivity index (χ1v) is 21.0. The maximum absolute atomic E-state index is 6.40. The SMILES string of the molecule is c1ccc2c(N(c3ccc4c(c3)oc3ccccc34)c3cnc4c(c3)sc3nc(N(c5ccc6c(c5)oc5ccccc56)c5cccc6ccccc56)ncc34)cccc2c1. The number of rotatable bonds is 6. The van der Waals surface area contributed by atoms with E-state index in [-0.39, 0.29) is 0 Å². The molecule has 0 aliphatic heterocycles. The van der Waals surface area contributed by atoms with Gasteiger partial charge in [0.25, 0.3) is 0 Å². The van der Waals surface area contributed by atoms with E-state index >= 15 is 0 Å². The van der Waals surface area contributed by atoms with Gasteiger partial charge >= 0.3 is 0 Å². The first kappa shape index (κ1) is 33.9. The smallest absolute Gasteiger partial charge is 0.235 e. The van der Waals surface area contributed by atoms with Crippen LogP contribution in [0, 0.1) is 0 Å². The van der Waals surface area contributed by atoms with E-state index in [2.05, 4.69) is 155 Å². The van der Waals surface area contributed by atoms with Crippen LogP contribution < -0.4 is 9.80 Å². The molecule has 0 aliphatic rings. The van der Waals surface area contributed by atoms with Crippen molar-refractivity contribution >= 4 is 132 Å². The molecule has 8 heteroatoms. The van der Waals surface area contributed by atoms with Crippen molar-refractivity contribution in [2.45, 2.75) is 0 Å². The Hall–Kier alpha value is -8.07. The Morgan fingerprint density at radius 1 is 0.393 bits per heavy atom. The summed E-state index contributed by atoms with van der Waals surface area (Å²) in [5.74, 6) is 0.558. The lowest BCUT2D eigenvalue weighted by Crippen LogP contribution is -2.13. The van der Waals surface area contributed by atoms with Gasteiger partial charge in [0, 0.05) is 56.3 Å². The first-order valence-electron chi connectivity index (χ1n) is 20.2. The zero-order valence-corrected chi connectivity index (χ0v) is 33.2. The van der Waals surface area contributed by atoms with Crippen LogP contribution in [0.3, 0.4) is 0 Å². The quantitative estimate of drug-likeness (QED) is 0.166. The molecule has 8 aromatic carbocycles. The molecule has 0 spiro atoms. The summed E-state index contributed by atoms with van der Waals surface area (Å²) < 4.78 is 13.8. The highest BCUT2D eigenvalue weighted by atomic mass is 32.1.